The summed E-state index contributed by atoms with van der Waals surface area (Å²) in [6.45, 7) is 4.64. The van der Waals surface area contributed by atoms with Gasteiger partial charge in [-0.2, -0.15) is 0 Å². The smallest absolute Gasteiger partial charge is 0.323 e. The average Bonchev–Trinajstić information content (AvgIpc) is 2.93. The molecule has 1 aliphatic carbocycles. The predicted octanol–water partition coefficient (Wildman–Crippen LogP) is 1.57. The maximum absolute atomic E-state index is 12.5. The first kappa shape index (κ1) is 16.5. The normalized spacial score (nSPS) is 15.1. The van der Waals surface area contributed by atoms with E-state index in [4.69, 9.17) is 9.84 Å². The van der Waals surface area contributed by atoms with E-state index in [1.807, 2.05) is 0 Å². The molecule has 1 fully saturated rings. The van der Waals surface area contributed by atoms with Crippen LogP contribution in [-0.2, 0) is 9.53 Å². The number of carboxylic acids is 1. The number of urea groups is 1. The molecule has 1 N–H and O–H groups in total. The lowest BCUT2D eigenvalue weighted by atomic mass is 10.2. The number of carbonyl (C=O) groups is 2. The molecule has 0 bridgehead atoms. The lowest BCUT2D eigenvalue weighted by molar-refractivity contribution is -0.138. The third-order valence-corrected chi connectivity index (χ3v) is 3.50. The zero-order valence-corrected chi connectivity index (χ0v) is 12.1. The molecule has 0 heterocycles. The van der Waals surface area contributed by atoms with Crippen molar-refractivity contribution in [3.63, 3.8) is 0 Å². The quantitative estimate of drug-likeness (QED) is 0.687. The van der Waals surface area contributed by atoms with Gasteiger partial charge in [0.05, 0.1) is 6.61 Å². The molecule has 2 amide bonds. The van der Waals surface area contributed by atoms with Crippen LogP contribution in [0.25, 0.3) is 0 Å². The van der Waals surface area contributed by atoms with Gasteiger partial charge in [-0.15, -0.1) is 6.58 Å². The third kappa shape index (κ3) is 4.85. The summed E-state index contributed by atoms with van der Waals surface area (Å²) in [6.07, 6.45) is 5.50. The highest BCUT2D eigenvalue weighted by Gasteiger charge is 2.30. The minimum atomic E-state index is -0.976. The topological polar surface area (TPSA) is 70.1 Å². The summed E-state index contributed by atoms with van der Waals surface area (Å²) < 4.78 is 4.99. The van der Waals surface area contributed by atoms with Gasteiger partial charge in [0.25, 0.3) is 0 Å². The van der Waals surface area contributed by atoms with Crippen LogP contribution in [0, 0.1) is 0 Å². The molecule has 0 atom stereocenters. The third-order valence-electron chi connectivity index (χ3n) is 3.50. The molecule has 0 saturated heterocycles. The molecule has 0 spiro atoms. The van der Waals surface area contributed by atoms with Gasteiger partial charge < -0.3 is 19.6 Å². The Morgan fingerprint density at radius 2 is 2.05 bits per heavy atom. The number of carbonyl (C=O) groups excluding carboxylic acids is 1. The van der Waals surface area contributed by atoms with Crippen molar-refractivity contribution in [1.29, 1.82) is 0 Å². The Bertz CT molecular complexity index is 340. The second kappa shape index (κ2) is 8.58. The van der Waals surface area contributed by atoms with Crippen LogP contribution in [0.1, 0.15) is 25.7 Å². The molecule has 114 valence electrons. The molecule has 0 aromatic carbocycles. The van der Waals surface area contributed by atoms with Crippen molar-refractivity contribution in [2.24, 2.45) is 0 Å². The number of amides is 2. The fourth-order valence-electron chi connectivity index (χ4n) is 2.52. The van der Waals surface area contributed by atoms with E-state index in [2.05, 4.69) is 6.58 Å². The summed E-state index contributed by atoms with van der Waals surface area (Å²) in [5.74, 6) is -0.976. The monoisotopic (exact) mass is 284 g/mol. The summed E-state index contributed by atoms with van der Waals surface area (Å²) in [7, 11) is 1.57. The first-order valence-electron chi connectivity index (χ1n) is 6.97. The van der Waals surface area contributed by atoms with Gasteiger partial charge >= 0.3 is 12.0 Å². The molecule has 0 aromatic rings. The van der Waals surface area contributed by atoms with E-state index in [9.17, 15) is 9.59 Å². The number of ether oxygens (including phenoxy) is 1. The number of methoxy groups -OCH3 is 1. The van der Waals surface area contributed by atoms with Crippen molar-refractivity contribution in [2.75, 3.05) is 33.4 Å². The maximum atomic E-state index is 12.5. The van der Waals surface area contributed by atoms with Crippen LogP contribution in [0.5, 0.6) is 0 Å². The lowest BCUT2D eigenvalue weighted by Crippen LogP contribution is -2.50. The van der Waals surface area contributed by atoms with Gasteiger partial charge in [-0.05, 0) is 12.8 Å². The van der Waals surface area contributed by atoms with Crippen molar-refractivity contribution >= 4 is 12.0 Å². The van der Waals surface area contributed by atoms with E-state index in [-0.39, 0.29) is 18.6 Å². The fourth-order valence-corrected chi connectivity index (χ4v) is 2.52. The van der Waals surface area contributed by atoms with E-state index < -0.39 is 5.97 Å². The highest BCUT2D eigenvalue weighted by molar-refractivity contribution is 5.80. The molecule has 6 nitrogen and oxygen atoms in total. The Hall–Kier alpha value is -1.56. The van der Waals surface area contributed by atoms with Gasteiger partial charge in [0, 0.05) is 26.2 Å². The summed E-state index contributed by atoms with van der Waals surface area (Å²) in [4.78, 5) is 26.6. The Kier molecular flexibility index (Phi) is 7.08. The molecular formula is C14H24N2O4. The first-order valence-corrected chi connectivity index (χ1v) is 6.97. The fraction of sp³-hybridized carbons (Fsp3) is 0.714. The highest BCUT2D eigenvalue weighted by atomic mass is 16.5. The summed E-state index contributed by atoms with van der Waals surface area (Å²) in [5, 5.41) is 9.02. The van der Waals surface area contributed by atoms with E-state index in [0.717, 1.165) is 25.7 Å². The van der Waals surface area contributed by atoms with Crippen LogP contribution in [0.3, 0.4) is 0 Å². The SMILES string of the molecule is C=CCN(CCOC)C(=O)N(CC(=O)O)C1CCCC1. The second-order valence-corrected chi connectivity index (χ2v) is 4.97. The van der Waals surface area contributed by atoms with E-state index in [1.54, 1.807) is 18.1 Å². The lowest BCUT2D eigenvalue weighted by Gasteiger charge is -2.33. The van der Waals surface area contributed by atoms with Crippen LogP contribution in [0.4, 0.5) is 4.79 Å². The molecule has 0 aromatic heterocycles. The van der Waals surface area contributed by atoms with Gasteiger partial charge in [-0.1, -0.05) is 18.9 Å². The second-order valence-electron chi connectivity index (χ2n) is 4.97. The predicted molar refractivity (Wildman–Crippen MR) is 75.6 cm³/mol. The summed E-state index contributed by atoms with van der Waals surface area (Å²) in [5.41, 5.74) is 0. The van der Waals surface area contributed by atoms with Gasteiger partial charge in [0.2, 0.25) is 0 Å². The Morgan fingerprint density at radius 1 is 1.40 bits per heavy atom. The summed E-state index contributed by atoms with van der Waals surface area (Å²) >= 11 is 0. The van der Waals surface area contributed by atoms with Gasteiger partial charge in [0.15, 0.2) is 0 Å². The van der Waals surface area contributed by atoms with Gasteiger partial charge in [-0.3, -0.25) is 4.79 Å². The molecule has 1 saturated carbocycles. The minimum absolute atomic E-state index is 0.0356. The van der Waals surface area contributed by atoms with Crippen LogP contribution in [0.15, 0.2) is 12.7 Å². The van der Waals surface area contributed by atoms with E-state index >= 15 is 0 Å². The molecule has 6 heteroatoms. The number of aliphatic carboxylic acids is 1. The van der Waals surface area contributed by atoms with Crippen molar-refractivity contribution in [3.05, 3.63) is 12.7 Å². The molecule has 0 radical (unpaired) electrons. The van der Waals surface area contributed by atoms with Gasteiger partial charge in [0.1, 0.15) is 6.54 Å². The zero-order chi connectivity index (χ0) is 15.0. The van der Waals surface area contributed by atoms with Crippen molar-refractivity contribution in [1.82, 2.24) is 9.80 Å². The maximum Gasteiger partial charge on any atom is 0.323 e. The molecule has 0 aliphatic heterocycles. The van der Waals surface area contributed by atoms with Crippen LogP contribution >= 0.6 is 0 Å². The van der Waals surface area contributed by atoms with Crippen molar-refractivity contribution in [3.8, 4) is 0 Å². The van der Waals surface area contributed by atoms with Crippen LogP contribution in [0.2, 0.25) is 0 Å². The molecule has 0 unspecified atom stereocenters. The highest BCUT2D eigenvalue weighted by Crippen LogP contribution is 2.24. The Labute approximate surface area is 120 Å². The van der Waals surface area contributed by atoms with E-state index in [1.165, 1.54) is 4.90 Å². The van der Waals surface area contributed by atoms with Gasteiger partial charge in [-0.25, -0.2) is 4.79 Å². The van der Waals surface area contributed by atoms with E-state index in [0.29, 0.717) is 19.7 Å². The van der Waals surface area contributed by atoms with Crippen molar-refractivity contribution in [2.45, 2.75) is 31.7 Å². The largest absolute Gasteiger partial charge is 0.480 e. The first-order chi connectivity index (χ1) is 9.60. The number of rotatable bonds is 8. The van der Waals surface area contributed by atoms with Crippen molar-refractivity contribution < 1.29 is 19.4 Å². The standard InChI is InChI=1S/C14H24N2O4/c1-3-8-15(9-10-20-2)14(19)16(11-13(17)18)12-6-4-5-7-12/h3,12H,1,4-11H2,2H3,(H,17,18). The minimum Gasteiger partial charge on any atom is -0.480 e. The summed E-state index contributed by atoms with van der Waals surface area (Å²) in [6, 6.07) is -0.204. The Morgan fingerprint density at radius 3 is 2.55 bits per heavy atom. The number of carboxylic acid groups (broad SMARTS) is 1. The van der Waals surface area contributed by atoms with Crippen LogP contribution in [-0.4, -0.2) is 66.3 Å². The number of hydrogen-bond acceptors (Lipinski definition) is 3. The average molecular weight is 284 g/mol. The molecule has 1 rings (SSSR count). The molecular weight excluding hydrogens is 260 g/mol. The molecule has 1 aliphatic rings. The van der Waals surface area contributed by atoms with Crippen LogP contribution < -0.4 is 0 Å². The number of nitrogens with zero attached hydrogens (tertiary/aromatic N) is 2. The zero-order valence-electron chi connectivity index (χ0n) is 12.1. The Balaban J connectivity index is 2.76. The molecule has 20 heavy (non-hydrogen) atoms. The number of hydrogen-bond donors (Lipinski definition) is 1.